The van der Waals surface area contributed by atoms with E-state index in [4.69, 9.17) is 16.9 Å². The quantitative estimate of drug-likeness (QED) is 0.512. The number of aromatic nitrogens is 1. The molecule has 1 heterocycles. The number of thiazole rings is 1. The summed E-state index contributed by atoms with van der Waals surface area (Å²) in [6.07, 6.45) is 1.92. The Bertz CT molecular complexity index is 1020. The summed E-state index contributed by atoms with van der Waals surface area (Å²) >= 11 is 7.71. The van der Waals surface area contributed by atoms with E-state index in [-0.39, 0.29) is 12.3 Å². The van der Waals surface area contributed by atoms with Gasteiger partial charge in [-0.3, -0.25) is 4.79 Å². The van der Waals surface area contributed by atoms with Gasteiger partial charge < -0.3 is 4.90 Å². The molecule has 0 atom stereocenters. The highest BCUT2D eigenvalue weighted by molar-refractivity contribution is 7.13. The van der Waals surface area contributed by atoms with Gasteiger partial charge in [0, 0.05) is 24.0 Å². The molecule has 3 rings (SSSR count). The summed E-state index contributed by atoms with van der Waals surface area (Å²) < 4.78 is 0. The molecule has 0 N–H and O–H groups in total. The molecule has 140 valence electrons. The van der Waals surface area contributed by atoms with Gasteiger partial charge in [-0.1, -0.05) is 48.0 Å². The minimum Gasteiger partial charge on any atom is -0.334 e. The zero-order valence-corrected chi connectivity index (χ0v) is 16.7. The third-order valence-electron chi connectivity index (χ3n) is 4.15. The van der Waals surface area contributed by atoms with Gasteiger partial charge >= 0.3 is 0 Å². The molecule has 0 aliphatic heterocycles. The van der Waals surface area contributed by atoms with Crippen molar-refractivity contribution in [2.24, 2.45) is 0 Å². The van der Waals surface area contributed by atoms with Crippen LogP contribution >= 0.6 is 22.9 Å². The Morgan fingerprint density at radius 3 is 2.68 bits per heavy atom. The summed E-state index contributed by atoms with van der Waals surface area (Å²) in [5, 5.41) is 12.2. The van der Waals surface area contributed by atoms with Gasteiger partial charge in [-0.15, -0.1) is 17.9 Å². The zero-order valence-electron chi connectivity index (χ0n) is 15.1. The van der Waals surface area contributed by atoms with Gasteiger partial charge in [-0.05, 0) is 23.8 Å². The lowest BCUT2D eigenvalue weighted by molar-refractivity contribution is -0.130. The monoisotopic (exact) mass is 407 g/mol. The molecule has 4 nitrogen and oxygen atoms in total. The summed E-state index contributed by atoms with van der Waals surface area (Å²) in [6.45, 7) is 4.65. The highest BCUT2D eigenvalue weighted by Gasteiger charge is 2.16. The van der Waals surface area contributed by atoms with Gasteiger partial charge in [-0.2, -0.15) is 5.26 Å². The molecule has 0 saturated heterocycles. The van der Waals surface area contributed by atoms with Crippen molar-refractivity contribution < 1.29 is 4.79 Å². The Morgan fingerprint density at radius 1 is 1.25 bits per heavy atom. The summed E-state index contributed by atoms with van der Waals surface area (Å²) in [5.41, 5.74) is 3.15. The number of halogens is 1. The first-order valence-electron chi connectivity index (χ1n) is 8.67. The fourth-order valence-corrected chi connectivity index (χ4v) is 3.87. The molecule has 6 heteroatoms. The third-order valence-corrected chi connectivity index (χ3v) is 5.40. The van der Waals surface area contributed by atoms with E-state index in [9.17, 15) is 4.79 Å². The Morgan fingerprint density at radius 2 is 2.00 bits per heavy atom. The summed E-state index contributed by atoms with van der Waals surface area (Å²) in [7, 11) is 0. The minimum absolute atomic E-state index is 0.0275. The van der Waals surface area contributed by atoms with E-state index in [0.717, 1.165) is 21.8 Å². The van der Waals surface area contributed by atoms with Crippen LogP contribution in [-0.2, 0) is 17.8 Å². The van der Waals surface area contributed by atoms with E-state index in [2.05, 4.69) is 17.6 Å². The van der Waals surface area contributed by atoms with Crippen molar-refractivity contribution in [3.05, 3.63) is 88.4 Å². The molecule has 1 aromatic heterocycles. The summed E-state index contributed by atoms with van der Waals surface area (Å²) in [6, 6.07) is 16.9. The first kappa shape index (κ1) is 19.8. The van der Waals surface area contributed by atoms with Gasteiger partial charge in [-0.25, -0.2) is 4.98 Å². The maximum atomic E-state index is 12.8. The first-order valence-corrected chi connectivity index (χ1v) is 9.93. The number of rotatable bonds is 7. The van der Waals surface area contributed by atoms with Crippen LogP contribution in [0.3, 0.4) is 0 Å². The number of nitrogens with zero attached hydrogens (tertiary/aromatic N) is 3. The first-order chi connectivity index (χ1) is 13.6. The Kier molecular flexibility index (Phi) is 6.59. The van der Waals surface area contributed by atoms with Crippen LogP contribution in [0.5, 0.6) is 0 Å². The van der Waals surface area contributed by atoms with Crippen LogP contribution in [0, 0.1) is 11.3 Å². The van der Waals surface area contributed by atoms with E-state index >= 15 is 0 Å². The second-order valence-electron chi connectivity index (χ2n) is 6.17. The predicted molar refractivity (Wildman–Crippen MR) is 113 cm³/mol. The van der Waals surface area contributed by atoms with Crippen LogP contribution in [-0.4, -0.2) is 22.3 Å². The minimum atomic E-state index is -0.0275. The molecule has 0 spiro atoms. The lowest BCUT2D eigenvalue weighted by atomic mass is 10.1. The topological polar surface area (TPSA) is 57.0 Å². The molecule has 0 aliphatic carbocycles. The van der Waals surface area contributed by atoms with Crippen molar-refractivity contribution >= 4 is 28.8 Å². The van der Waals surface area contributed by atoms with Crippen molar-refractivity contribution in [3.63, 3.8) is 0 Å². The zero-order chi connectivity index (χ0) is 19.9. The lowest BCUT2D eigenvalue weighted by Gasteiger charge is -2.21. The number of amides is 1. The average molecular weight is 408 g/mol. The van der Waals surface area contributed by atoms with Crippen LogP contribution in [0.1, 0.15) is 16.8 Å². The number of hydrogen-bond acceptors (Lipinski definition) is 4. The van der Waals surface area contributed by atoms with E-state index in [1.807, 2.05) is 41.8 Å². The molecule has 0 aliphatic rings. The number of carbonyl (C=O) groups is 1. The van der Waals surface area contributed by atoms with Crippen molar-refractivity contribution in [1.82, 2.24) is 9.88 Å². The average Bonchev–Trinajstić information content (AvgIpc) is 3.16. The Labute approximate surface area is 173 Å². The van der Waals surface area contributed by atoms with Gasteiger partial charge in [0.1, 0.15) is 5.01 Å². The van der Waals surface area contributed by atoms with Crippen LogP contribution in [0.4, 0.5) is 0 Å². The normalized spacial score (nSPS) is 10.3. The second kappa shape index (κ2) is 9.32. The van der Waals surface area contributed by atoms with Gasteiger partial charge in [0.25, 0.3) is 0 Å². The van der Waals surface area contributed by atoms with Crippen LogP contribution in [0.2, 0.25) is 5.02 Å². The fraction of sp³-hybridized carbons (Fsp3) is 0.136. The van der Waals surface area contributed by atoms with E-state index in [1.54, 1.807) is 23.1 Å². The van der Waals surface area contributed by atoms with Gasteiger partial charge in [0.05, 0.1) is 28.8 Å². The van der Waals surface area contributed by atoms with E-state index in [1.165, 1.54) is 11.3 Å². The van der Waals surface area contributed by atoms with Crippen LogP contribution in [0.15, 0.2) is 66.6 Å². The molecule has 0 radical (unpaired) electrons. The van der Waals surface area contributed by atoms with Crippen molar-refractivity contribution in [2.75, 3.05) is 6.54 Å². The van der Waals surface area contributed by atoms with Crippen LogP contribution < -0.4 is 0 Å². The molecule has 2 aromatic carbocycles. The maximum absolute atomic E-state index is 12.8. The van der Waals surface area contributed by atoms with E-state index < -0.39 is 0 Å². The van der Waals surface area contributed by atoms with Gasteiger partial charge in [0.15, 0.2) is 0 Å². The standard InChI is InChI=1S/C22H18ClN3OS/c1-2-11-26(14-17-9-7-16(13-24)8-10-17)21(27)12-18-15-28-22(25-18)19-5-3-4-6-20(19)23/h2-10,15H,1,11-12,14H2. The number of benzene rings is 2. The highest BCUT2D eigenvalue weighted by Crippen LogP contribution is 2.30. The fourth-order valence-electron chi connectivity index (χ4n) is 2.73. The number of carbonyl (C=O) groups excluding carboxylic acids is 1. The summed E-state index contributed by atoms with van der Waals surface area (Å²) in [4.78, 5) is 19.1. The summed E-state index contributed by atoms with van der Waals surface area (Å²) in [5.74, 6) is -0.0275. The maximum Gasteiger partial charge on any atom is 0.229 e. The molecule has 1 amide bonds. The molecule has 0 saturated carbocycles. The Hall–Kier alpha value is -2.94. The van der Waals surface area contributed by atoms with Gasteiger partial charge in [0.2, 0.25) is 5.91 Å². The second-order valence-corrected chi connectivity index (χ2v) is 7.44. The number of hydrogen-bond donors (Lipinski definition) is 0. The van der Waals surface area contributed by atoms with E-state index in [0.29, 0.717) is 23.7 Å². The largest absolute Gasteiger partial charge is 0.334 e. The molecular weight excluding hydrogens is 390 g/mol. The third kappa shape index (κ3) is 4.86. The SMILES string of the molecule is C=CCN(Cc1ccc(C#N)cc1)C(=O)Cc1csc(-c2ccccc2Cl)n1. The van der Waals surface area contributed by atoms with Crippen molar-refractivity contribution in [3.8, 4) is 16.6 Å². The van der Waals surface area contributed by atoms with Crippen molar-refractivity contribution in [2.45, 2.75) is 13.0 Å². The molecular formula is C22H18ClN3OS. The van der Waals surface area contributed by atoms with Crippen LogP contribution in [0.25, 0.3) is 10.6 Å². The predicted octanol–water partition coefficient (Wildman–Crippen LogP) is 5.09. The molecule has 0 unspecified atom stereocenters. The molecule has 0 bridgehead atoms. The molecule has 0 fully saturated rings. The molecule has 3 aromatic rings. The smallest absolute Gasteiger partial charge is 0.229 e. The van der Waals surface area contributed by atoms with Crippen molar-refractivity contribution in [1.29, 1.82) is 5.26 Å². The number of nitriles is 1. The lowest BCUT2D eigenvalue weighted by Crippen LogP contribution is -2.32. The molecule has 28 heavy (non-hydrogen) atoms. The Balaban J connectivity index is 1.71. The highest BCUT2D eigenvalue weighted by atomic mass is 35.5.